The van der Waals surface area contributed by atoms with E-state index in [9.17, 15) is 4.79 Å². The topological polar surface area (TPSA) is 42.0 Å². The number of benzene rings is 1. The molecule has 1 heterocycles. The molecule has 1 aliphatic rings. The van der Waals surface area contributed by atoms with E-state index >= 15 is 0 Å². The molecular formula is C21H34N2O3. The molecule has 1 amide bonds. The molecule has 1 aliphatic heterocycles. The maximum absolute atomic E-state index is 12.3. The van der Waals surface area contributed by atoms with E-state index in [2.05, 4.69) is 30.9 Å². The van der Waals surface area contributed by atoms with Crippen LogP contribution in [0, 0.1) is 0 Å². The summed E-state index contributed by atoms with van der Waals surface area (Å²) in [4.78, 5) is 16.4. The van der Waals surface area contributed by atoms with Crippen molar-refractivity contribution in [2.75, 3.05) is 20.1 Å². The second kappa shape index (κ2) is 8.76. The SMILES string of the molecule is CC(C)Oc1ccccc1CN1CCC(N(C)C(=O)OC(C)(C)C)CC1. The minimum Gasteiger partial charge on any atom is -0.491 e. The van der Waals surface area contributed by atoms with E-state index < -0.39 is 5.60 Å². The lowest BCUT2D eigenvalue weighted by molar-refractivity contribution is 0.0148. The fourth-order valence-electron chi connectivity index (χ4n) is 3.19. The maximum atomic E-state index is 12.3. The van der Waals surface area contributed by atoms with Gasteiger partial charge in [-0.2, -0.15) is 0 Å². The van der Waals surface area contributed by atoms with Crippen LogP contribution in [-0.4, -0.2) is 53.8 Å². The van der Waals surface area contributed by atoms with Crippen LogP contribution in [0.1, 0.15) is 53.0 Å². The third-order valence-corrected chi connectivity index (χ3v) is 4.52. The van der Waals surface area contributed by atoms with Crippen LogP contribution in [0.3, 0.4) is 0 Å². The van der Waals surface area contributed by atoms with Crippen LogP contribution in [0.5, 0.6) is 5.75 Å². The van der Waals surface area contributed by atoms with Gasteiger partial charge in [-0.25, -0.2) is 4.79 Å². The molecule has 146 valence electrons. The normalized spacial score (nSPS) is 16.6. The Hall–Kier alpha value is -1.75. The number of hydrogen-bond acceptors (Lipinski definition) is 4. The highest BCUT2D eigenvalue weighted by Gasteiger charge is 2.28. The molecule has 0 spiro atoms. The maximum Gasteiger partial charge on any atom is 0.410 e. The van der Waals surface area contributed by atoms with Gasteiger partial charge in [0.05, 0.1) is 6.10 Å². The Morgan fingerprint density at radius 3 is 2.42 bits per heavy atom. The van der Waals surface area contributed by atoms with Gasteiger partial charge in [0.25, 0.3) is 0 Å². The molecule has 0 saturated carbocycles. The molecule has 2 rings (SSSR count). The molecule has 26 heavy (non-hydrogen) atoms. The van der Waals surface area contributed by atoms with Crippen molar-refractivity contribution in [3.63, 3.8) is 0 Å². The van der Waals surface area contributed by atoms with Crippen molar-refractivity contribution < 1.29 is 14.3 Å². The van der Waals surface area contributed by atoms with Crippen molar-refractivity contribution in [3.8, 4) is 5.75 Å². The van der Waals surface area contributed by atoms with Gasteiger partial charge in [0.15, 0.2) is 0 Å². The summed E-state index contributed by atoms with van der Waals surface area (Å²) in [5.41, 5.74) is 0.770. The average Bonchev–Trinajstić information content (AvgIpc) is 2.54. The number of rotatable bonds is 5. The lowest BCUT2D eigenvalue weighted by Crippen LogP contribution is -2.46. The Kier molecular flexibility index (Phi) is 6.93. The zero-order valence-corrected chi connectivity index (χ0v) is 17.1. The second-order valence-electron chi connectivity index (χ2n) is 8.37. The number of nitrogens with zero attached hydrogens (tertiary/aromatic N) is 2. The Bertz CT molecular complexity index is 587. The molecule has 0 radical (unpaired) electrons. The van der Waals surface area contributed by atoms with Crippen molar-refractivity contribution in [1.29, 1.82) is 0 Å². The van der Waals surface area contributed by atoms with Gasteiger partial charge in [0.2, 0.25) is 0 Å². The molecule has 0 aliphatic carbocycles. The smallest absolute Gasteiger partial charge is 0.410 e. The summed E-state index contributed by atoms with van der Waals surface area (Å²) in [6, 6.07) is 8.49. The third kappa shape index (κ3) is 6.20. The monoisotopic (exact) mass is 362 g/mol. The van der Waals surface area contributed by atoms with Crippen molar-refractivity contribution >= 4 is 6.09 Å². The van der Waals surface area contributed by atoms with Crippen molar-refractivity contribution in [2.24, 2.45) is 0 Å². The molecule has 0 aromatic heterocycles. The lowest BCUT2D eigenvalue weighted by atomic mass is 10.0. The van der Waals surface area contributed by atoms with Gasteiger partial charge in [0.1, 0.15) is 11.4 Å². The van der Waals surface area contributed by atoms with E-state index in [0.717, 1.165) is 38.2 Å². The Labute approximate surface area is 158 Å². The summed E-state index contributed by atoms with van der Waals surface area (Å²) in [6.07, 6.45) is 1.86. The summed E-state index contributed by atoms with van der Waals surface area (Å²) >= 11 is 0. The predicted octanol–water partition coefficient (Wildman–Crippen LogP) is 4.31. The van der Waals surface area contributed by atoms with Gasteiger partial charge in [0, 0.05) is 38.3 Å². The summed E-state index contributed by atoms with van der Waals surface area (Å²) in [7, 11) is 1.85. The summed E-state index contributed by atoms with van der Waals surface area (Å²) < 4.78 is 11.4. The van der Waals surface area contributed by atoms with E-state index in [-0.39, 0.29) is 18.2 Å². The number of piperidine rings is 1. The first-order valence-corrected chi connectivity index (χ1v) is 9.58. The zero-order chi connectivity index (χ0) is 19.3. The number of hydrogen-bond donors (Lipinski definition) is 0. The molecule has 0 N–H and O–H groups in total. The molecule has 0 unspecified atom stereocenters. The van der Waals surface area contributed by atoms with E-state index in [1.807, 2.05) is 40.0 Å². The molecule has 1 aromatic rings. The molecule has 5 heteroatoms. The number of amides is 1. The summed E-state index contributed by atoms with van der Waals surface area (Å²) in [5.74, 6) is 0.968. The van der Waals surface area contributed by atoms with Crippen LogP contribution < -0.4 is 4.74 Å². The van der Waals surface area contributed by atoms with Gasteiger partial charge in [-0.3, -0.25) is 4.90 Å². The van der Waals surface area contributed by atoms with Gasteiger partial charge in [-0.1, -0.05) is 18.2 Å². The van der Waals surface area contributed by atoms with Crippen molar-refractivity contribution in [2.45, 2.75) is 71.8 Å². The first-order chi connectivity index (χ1) is 12.2. The number of ether oxygens (including phenoxy) is 2. The quantitative estimate of drug-likeness (QED) is 0.783. The zero-order valence-electron chi connectivity index (χ0n) is 17.1. The molecule has 1 fully saturated rings. The van der Waals surface area contributed by atoms with Gasteiger partial charge >= 0.3 is 6.09 Å². The highest BCUT2D eigenvalue weighted by atomic mass is 16.6. The Morgan fingerprint density at radius 2 is 1.85 bits per heavy atom. The van der Waals surface area contributed by atoms with Crippen LogP contribution in [0.4, 0.5) is 4.79 Å². The highest BCUT2D eigenvalue weighted by Crippen LogP contribution is 2.24. The van der Waals surface area contributed by atoms with E-state index in [1.54, 1.807) is 4.90 Å². The lowest BCUT2D eigenvalue weighted by Gasteiger charge is -2.37. The fourth-order valence-corrected chi connectivity index (χ4v) is 3.19. The van der Waals surface area contributed by atoms with Crippen LogP contribution in [0.25, 0.3) is 0 Å². The van der Waals surface area contributed by atoms with Gasteiger partial charge in [-0.05, 0) is 53.5 Å². The van der Waals surface area contributed by atoms with E-state index in [0.29, 0.717) is 0 Å². The number of likely N-dealkylation sites (tertiary alicyclic amines) is 1. The average molecular weight is 363 g/mol. The largest absolute Gasteiger partial charge is 0.491 e. The minimum atomic E-state index is -0.452. The fraction of sp³-hybridized carbons (Fsp3) is 0.667. The van der Waals surface area contributed by atoms with Crippen LogP contribution >= 0.6 is 0 Å². The molecular weight excluding hydrogens is 328 g/mol. The second-order valence-corrected chi connectivity index (χ2v) is 8.37. The standard InChI is InChI=1S/C21H34N2O3/c1-16(2)25-19-10-8-7-9-17(19)15-23-13-11-18(12-14-23)22(6)20(24)26-21(3,4)5/h7-10,16,18H,11-15H2,1-6H3. The summed E-state index contributed by atoms with van der Waals surface area (Å²) in [5, 5.41) is 0. The Balaban J connectivity index is 1.88. The number of para-hydroxylation sites is 1. The molecule has 5 nitrogen and oxygen atoms in total. The first-order valence-electron chi connectivity index (χ1n) is 9.58. The number of carbonyl (C=O) groups is 1. The van der Waals surface area contributed by atoms with Crippen LogP contribution in [0.15, 0.2) is 24.3 Å². The minimum absolute atomic E-state index is 0.171. The van der Waals surface area contributed by atoms with Gasteiger partial charge in [-0.15, -0.1) is 0 Å². The molecule has 0 atom stereocenters. The third-order valence-electron chi connectivity index (χ3n) is 4.52. The van der Waals surface area contributed by atoms with Crippen molar-refractivity contribution in [3.05, 3.63) is 29.8 Å². The highest BCUT2D eigenvalue weighted by molar-refractivity contribution is 5.68. The predicted molar refractivity (Wildman–Crippen MR) is 105 cm³/mol. The van der Waals surface area contributed by atoms with E-state index in [4.69, 9.17) is 9.47 Å². The van der Waals surface area contributed by atoms with Crippen molar-refractivity contribution in [1.82, 2.24) is 9.80 Å². The Morgan fingerprint density at radius 1 is 1.23 bits per heavy atom. The molecule has 0 bridgehead atoms. The van der Waals surface area contributed by atoms with Crippen LogP contribution in [-0.2, 0) is 11.3 Å². The molecule has 1 saturated heterocycles. The first kappa shape index (κ1) is 20.6. The number of carbonyl (C=O) groups excluding carboxylic acids is 1. The van der Waals surface area contributed by atoms with E-state index in [1.165, 1.54) is 5.56 Å². The molecule has 1 aromatic carbocycles. The van der Waals surface area contributed by atoms with Gasteiger partial charge < -0.3 is 14.4 Å². The van der Waals surface area contributed by atoms with Crippen LogP contribution in [0.2, 0.25) is 0 Å². The summed E-state index contributed by atoms with van der Waals surface area (Å²) in [6.45, 7) is 12.6.